The van der Waals surface area contributed by atoms with Crippen LogP contribution in [0, 0.1) is 46.3 Å². The first-order chi connectivity index (χ1) is 14.7. The third-order valence-corrected chi connectivity index (χ3v) is 11.3. The molecule has 176 valence electrons. The summed E-state index contributed by atoms with van der Waals surface area (Å²) >= 11 is 0. The van der Waals surface area contributed by atoms with Crippen LogP contribution in [0.15, 0.2) is 23.8 Å². The lowest BCUT2D eigenvalue weighted by Gasteiger charge is -2.58. The lowest BCUT2D eigenvalue weighted by Crippen LogP contribution is -2.50. The molecule has 3 fully saturated rings. The Morgan fingerprint density at radius 1 is 1.10 bits per heavy atom. The van der Waals surface area contributed by atoms with Crippen molar-refractivity contribution in [1.29, 1.82) is 0 Å². The van der Waals surface area contributed by atoms with Gasteiger partial charge in [-0.25, -0.2) is 0 Å². The van der Waals surface area contributed by atoms with E-state index < -0.39 is 0 Å². The monoisotopic (exact) mass is 426 g/mol. The van der Waals surface area contributed by atoms with Crippen molar-refractivity contribution in [3.8, 4) is 0 Å². The van der Waals surface area contributed by atoms with E-state index in [1.807, 2.05) is 0 Å². The Morgan fingerprint density at radius 3 is 2.55 bits per heavy atom. The van der Waals surface area contributed by atoms with Crippen molar-refractivity contribution >= 4 is 0 Å². The smallest absolute Gasteiger partial charge is 0.0577 e. The Morgan fingerprint density at radius 2 is 1.84 bits per heavy atom. The van der Waals surface area contributed by atoms with Gasteiger partial charge in [-0.05, 0) is 123 Å². The third kappa shape index (κ3) is 4.00. The molecular formula is C30H50O. The van der Waals surface area contributed by atoms with Gasteiger partial charge in [0, 0.05) is 0 Å². The zero-order valence-electron chi connectivity index (χ0n) is 21.3. The molecule has 31 heavy (non-hydrogen) atoms. The standard InChI is InChI=1S/C30H50O/c1-7-22(8-2)20(3)9-10-21(4)26-13-14-27-25-12-11-23-19-24(31)15-17-29(23,5)28(25)16-18-30(26,27)6/h11,21-22,24-28,31H,3,7-10,12-19H2,1-2,4-6H3/t21-,24+,25-,26-,27-,28-,29+,30-/m1/s1. The third-order valence-electron chi connectivity index (χ3n) is 11.3. The fourth-order valence-electron chi connectivity index (χ4n) is 9.30. The number of rotatable bonds is 7. The summed E-state index contributed by atoms with van der Waals surface area (Å²) in [5.74, 6) is 5.13. The highest BCUT2D eigenvalue weighted by Crippen LogP contribution is 2.67. The van der Waals surface area contributed by atoms with Gasteiger partial charge in [-0.2, -0.15) is 0 Å². The first-order valence-electron chi connectivity index (χ1n) is 13.8. The fraction of sp³-hybridized carbons (Fsp3) is 0.867. The van der Waals surface area contributed by atoms with Crippen molar-refractivity contribution in [1.82, 2.24) is 0 Å². The van der Waals surface area contributed by atoms with Gasteiger partial charge in [0.25, 0.3) is 0 Å². The highest BCUT2D eigenvalue weighted by molar-refractivity contribution is 5.25. The van der Waals surface area contributed by atoms with Gasteiger partial charge in [0.15, 0.2) is 0 Å². The minimum Gasteiger partial charge on any atom is -0.393 e. The second-order valence-electron chi connectivity index (χ2n) is 12.6. The summed E-state index contributed by atoms with van der Waals surface area (Å²) in [5, 5.41) is 10.3. The average molecular weight is 427 g/mol. The van der Waals surface area contributed by atoms with Crippen LogP contribution in [0.25, 0.3) is 0 Å². The Balaban J connectivity index is 1.45. The van der Waals surface area contributed by atoms with E-state index >= 15 is 0 Å². The predicted molar refractivity (Wildman–Crippen MR) is 133 cm³/mol. The quantitative estimate of drug-likeness (QED) is 0.406. The molecule has 4 rings (SSSR count). The molecule has 0 aliphatic heterocycles. The molecular weight excluding hydrogens is 376 g/mol. The van der Waals surface area contributed by atoms with Gasteiger partial charge in [-0.1, -0.05) is 58.4 Å². The summed E-state index contributed by atoms with van der Waals surface area (Å²) in [5.41, 5.74) is 4.05. The van der Waals surface area contributed by atoms with E-state index in [1.54, 1.807) is 5.57 Å². The average Bonchev–Trinajstić information content (AvgIpc) is 3.10. The fourth-order valence-corrected chi connectivity index (χ4v) is 9.30. The van der Waals surface area contributed by atoms with E-state index in [9.17, 15) is 5.11 Å². The van der Waals surface area contributed by atoms with Gasteiger partial charge in [0.1, 0.15) is 0 Å². The van der Waals surface area contributed by atoms with Gasteiger partial charge in [-0.15, -0.1) is 0 Å². The molecule has 0 radical (unpaired) electrons. The summed E-state index contributed by atoms with van der Waals surface area (Å²) in [6.45, 7) is 16.9. The van der Waals surface area contributed by atoms with Gasteiger partial charge in [-0.3, -0.25) is 0 Å². The van der Waals surface area contributed by atoms with Gasteiger partial charge >= 0.3 is 0 Å². The van der Waals surface area contributed by atoms with E-state index in [2.05, 4.69) is 47.3 Å². The summed E-state index contributed by atoms with van der Waals surface area (Å²) < 4.78 is 0. The summed E-state index contributed by atoms with van der Waals surface area (Å²) in [4.78, 5) is 0. The molecule has 0 heterocycles. The zero-order chi connectivity index (χ0) is 22.4. The predicted octanol–water partition coefficient (Wildman–Crippen LogP) is 8.34. The second-order valence-corrected chi connectivity index (χ2v) is 12.6. The van der Waals surface area contributed by atoms with Crippen molar-refractivity contribution in [3.63, 3.8) is 0 Å². The van der Waals surface area contributed by atoms with Crippen molar-refractivity contribution in [2.45, 2.75) is 118 Å². The molecule has 0 aromatic carbocycles. The van der Waals surface area contributed by atoms with Crippen molar-refractivity contribution in [2.24, 2.45) is 46.3 Å². The van der Waals surface area contributed by atoms with Crippen LogP contribution in [0.1, 0.15) is 112 Å². The first kappa shape index (κ1) is 23.6. The van der Waals surface area contributed by atoms with E-state index in [-0.39, 0.29) is 6.10 Å². The Labute approximate surface area is 193 Å². The SMILES string of the molecule is C=C(CC[C@@H](C)[C@H]1CC[C@@H]2[C@H]3CC=C4C[C@@H](O)CC[C@]4(C)[C@@H]3CC[C@@]21C)C(CC)CC. The molecule has 1 heteroatoms. The largest absolute Gasteiger partial charge is 0.393 e. The molecule has 0 spiro atoms. The van der Waals surface area contributed by atoms with Crippen LogP contribution >= 0.6 is 0 Å². The molecule has 1 N–H and O–H groups in total. The number of fused-ring (bicyclic) bond motifs is 5. The maximum absolute atomic E-state index is 10.3. The molecule has 0 saturated heterocycles. The number of aliphatic hydroxyl groups excluding tert-OH is 1. The molecule has 8 atom stereocenters. The number of hydrogen-bond donors (Lipinski definition) is 1. The Kier molecular flexibility index (Phi) is 6.85. The van der Waals surface area contributed by atoms with Gasteiger partial charge < -0.3 is 5.11 Å². The van der Waals surface area contributed by atoms with Gasteiger partial charge in [0.05, 0.1) is 6.10 Å². The molecule has 4 aliphatic carbocycles. The molecule has 0 aromatic rings. The van der Waals surface area contributed by atoms with E-state index in [4.69, 9.17) is 0 Å². The first-order valence-corrected chi connectivity index (χ1v) is 13.8. The molecule has 1 nitrogen and oxygen atoms in total. The van der Waals surface area contributed by atoms with Crippen molar-refractivity contribution < 1.29 is 5.11 Å². The molecule has 4 aliphatic rings. The normalized spacial score (nSPS) is 43.1. The number of allylic oxidation sites excluding steroid dienone is 2. The molecule has 0 bridgehead atoms. The summed E-state index contributed by atoms with van der Waals surface area (Å²) in [6, 6.07) is 0. The van der Waals surface area contributed by atoms with Crippen LogP contribution in [-0.4, -0.2) is 11.2 Å². The lowest BCUT2D eigenvalue weighted by molar-refractivity contribution is -0.0571. The van der Waals surface area contributed by atoms with Crippen LogP contribution in [-0.2, 0) is 0 Å². The van der Waals surface area contributed by atoms with Crippen LogP contribution in [0.3, 0.4) is 0 Å². The second kappa shape index (κ2) is 9.00. The maximum atomic E-state index is 10.3. The van der Waals surface area contributed by atoms with Crippen molar-refractivity contribution in [2.75, 3.05) is 0 Å². The highest BCUT2D eigenvalue weighted by Gasteiger charge is 2.59. The van der Waals surface area contributed by atoms with Crippen LogP contribution < -0.4 is 0 Å². The van der Waals surface area contributed by atoms with Crippen molar-refractivity contribution in [3.05, 3.63) is 23.8 Å². The van der Waals surface area contributed by atoms with Crippen LogP contribution in [0.2, 0.25) is 0 Å². The van der Waals surface area contributed by atoms with E-state index in [0.29, 0.717) is 10.8 Å². The Bertz CT molecular complexity index is 687. The molecule has 3 saturated carbocycles. The molecule has 0 unspecified atom stereocenters. The number of aliphatic hydroxyl groups is 1. The van der Waals surface area contributed by atoms with Gasteiger partial charge in [0.2, 0.25) is 0 Å². The van der Waals surface area contributed by atoms with E-state index in [0.717, 1.165) is 48.3 Å². The maximum Gasteiger partial charge on any atom is 0.0577 e. The number of hydrogen-bond acceptors (Lipinski definition) is 1. The minimum absolute atomic E-state index is 0.0868. The summed E-state index contributed by atoms with van der Waals surface area (Å²) in [6.07, 6.45) is 17.8. The summed E-state index contributed by atoms with van der Waals surface area (Å²) in [7, 11) is 0. The Hall–Kier alpha value is -0.560. The van der Waals surface area contributed by atoms with Crippen LogP contribution in [0.4, 0.5) is 0 Å². The minimum atomic E-state index is -0.0868. The molecule has 0 aromatic heterocycles. The zero-order valence-corrected chi connectivity index (χ0v) is 21.3. The lowest BCUT2D eigenvalue weighted by atomic mass is 9.47. The van der Waals surface area contributed by atoms with E-state index in [1.165, 1.54) is 69.8 Å². The van der Waals surface area contributed by atoms with Crippen LogP contribution in [0.5, 0.6) is 0 Å². The highest BCUT2D eigenvalue weighted by atomic mass is 16.3. The molecule has 0 amide bonds. The topological polar surface area (TPSA) is 20.2 Å².